The molecule has 1 N–H and O–H groups in total. The number of aromatic nitrogens is 2. The normalized spacial score (nSPS) is 10.7. The molecule has 102 valence electrons. The lowest BCUT2D eigenvalue weighted by molar-refractivity contribution is 0.426. The van der Waals surface area contributed by atoms with Crippen molar-refractivity contribution in [2.45, 2.75) is 20.0 Å². The molecule has 1 aromatic carbocycles. The van der Waals surface area contributed by atoms with Crippen molar-refractivity contribution in [3.8, 4) is 0 Å². The number of rotatable bonds is 5. The van der Waals surface area contributed by atoms with Crippen LogP contribution in [0.25, 0.3) is 0 Å². The van der Waals surface area contributed by atoms with Gasteiger partial charge >= 0.3 is 0 Å². The van der Waals surface area contributed by atoms with Gasteiger partial charge < -0.3 is 5.32 Å². The Labute approximate surface area is 109 Å². The van der Waals surface area contributed by atoms with Gasteiger partial charge in [0.25, 0.3) is 0 Å². The van der Waals surface area contributed by atoms with Crippen molar-refractivity contribution in [3.63, 3.8) is 0 Å². The van der Waals surface area contributed by atoms with Gasteiger partial charge in [0.2, 0.25) is 0 Å². The molecule has 0 amide bonds. The van der Waals surface area contributed by atoms with Crippen LogP contribution in [0.1, 0.15) is 11.3 Å². The van der Waals surface area contributed by atoms with Gasteiger partial charge in [-0.25, -0.2) is 13.2 Å². The number of hydrogen-bond donors (Lipinski definition) is 1. The first-order chi connectivity index (χ1) is 9.11. The third-order valence-corrected chi connectivity index (χ3v) is 2.76. The number of nitrogens with one attached hydrogen (secondary N) is 1. The molecule has 0 fully saturated rings. The first-order valence-electron chi connectivity index (χ1n) is 5.88. The molecular formula is C13H14F3N3. The zero-order valence-corrected chi connectivity index (χ0v) is 10.5. The highest BCUT2D eigenvalue weighted by Crippen LogP contribution is 2.16. The van der Waals surface area contributed by atoms with Gasteiger partial charge in [-0.15, -0.1) is 0 Å². The van der Waals surface area contributed by atoms with Crippen molar-refractivity contribution in [1.29, 1.82) is 0 Å². The number of nitrogens with zero attached hydrogens (tertiary/aromatic N) is 2. The number of alkyl halides is 1. The summed E-state index contributed by atoms with van der Waals surface area (Å²) in [6.45, 7) is 1.58. The minimum absolute atomic E-state index is 0.145. The average molecular weight is 269 g/mol. The van der Waals surface area contributed by atoms with Crippen LogP contribution < -0.4 is 5.32 Å². The SMILES string of the molecule is Cc1nn(CCF)cc1NCc1cccc(F)c1F. The van der Waals surface area contributed by atoms with Gasteiger partial charge in [0.15, 0.2) is 11.6 Å². The lowest BCUT2D eigenvalue weighted by Gasteiger charge is -2.06. The minimum atomic E-state index is -0.871. The predicted molar refractivity (Wildman–Crippen MR) is 66.6 cm³/mol. The van der Waals surface area contributed by atoms with Crippen molar-refractivity contribution in [2.24, 2.45) is 0 Å². The Bertz CT molecular complexity index is 566. The van der Waals surface area contributed by atoms with Crippen molar-refractivity contribution >= 4 is 5.69 Å². The Balaban J connectivity index is 2.08. The molecular weight excluding hydrogens is 255 g/mol. The van der Waals surface area contributed by atoms with Crippen LogP contribution in [0.2, 0.25) is 0 Å². The predicted octanol–water partition coefficient (Wildman–Crippen LogP) is 3.05. The van der Waals surface area contributed by atoms with E-state index in [-0.39, 0.29) is 18.7 Å². The zero-order valence-electron chi connectivity index (χ0n) is 10.5. The third-order valence-electron chi connectivity index (χ3n) is 2.76. The molecule has 0 radical (unpaired) electrons. The van der Waals surface area contributed by atoms with E-state index < -0.39 is 18.3 Å². The Kier molecular flexibility index (Phi) is 4.09. The van der Waals surface area contributed by atoms with Gasteiger partial charge in [-0.2, -0.15) is 5.10 Å². The van der Waals surface area contributed by atoms with Crippen molar-refractivity contribution in [1.82, 2.24) is 9.78 Å². The summed E-state index contributed by atoms with van der Waals surface area (Å²) in [5.41, 5.74) is 1.60. The second-order valence-corrected chi connectivity index (χ2v) is 4.15. The second-order valence-electron chi connectivity index (χ2n) is 4.15. The molecule has 0 bridgehead atoms. The van der Waals surface area contributed by atoms with Gasteiger partial charge in [0.1, 0.15) is 6.67 Å². The first-order valence-corrected chi connectivity index (χ1v) is 5.88. The fraction of sp³-hybridized carbons (Fsp3) is 0.308. The van der Waals surface area contributed by atoms with Crippen molar-refractivity contribution < 1.29 is 13.2 Å². The van der Waals surface area contributed by atoms with Crippen LogP contribution in [0.5, 0.6) is 0 Å². The maximum atomic E-state index is 13.4. The smallest absolute Gasteiger partial charge is 0.163 e. The number of benzene rings is 1. The van der Waals surface area contributed by atoms with Gasteiger partial charge in [0, 0.05) is 18.3 Å². The Morgan fingerprint density at radius 1 is 1.32 bits per heavy atom. The average Bonchev–Trinajstić information content (AvgIpc) is 2.72. The summed E-state index contributed by atoms with van der Waals surface area (Å²) in [6.07, 6.45) is 1.64. The largest absolute Gasteiger partial charge is 0.378 e. The van der Waals surface area contributed by atoms with E-state index in [1.165, 1.54) is 16.8 Å². The van der Waals surface area contributed by atoms with Crippen LogP contribution in [0.3, 0.4) is 0 Å². The highest BCUT2D eigenvalue weighted by atomic mass is 19.2. The van der Waals surface area contributed by atoms with Crippen LogP contribution in [0, 0.1) is 18.6 Å². The van der Waals surface area contributed by atoms with Crippen molar-refractivity contribution in [3.05, 3.63) is 47.3 Å². The molecule has 0 unspecified atom stereocenters. The number of aryl methyl sites for hydroxylation is 2. The molecule has 3 nitrogen and oxygen atoms in total. The molecule has 19 heavy (non-hydrogen) atoms. The summed E-state index contributed by atoms with van der Waals surface area (Å²) in [5.74, 6) is -1.73. The van der Waals surface area contributed by atoms with Gasteiger partial charge in [-0.3, -0.25) is 4.68 Å². The topological polar surface area (TPSA) is 29.9 Å². The number of hydrogen-bond acceptors (Lipinski definition) is 2. The summed E-state index contributed by atoms with van der Waals surface area (Å²) < 4.78 is 40.1. The number of halogens is 3. The summed E-state index contributed by atoms with van der Waals surface area (Å²) in [4.78, 5) is 0. The minimum Gasteiger partial charge on any atom is -0.378 e. The van der Waals surface area contributed by atoms with Crippen molar-refractivity contribution in [2.75, 3.05) is 12.0 Å². The van der Waals surface area contributed by atoms with E-state index in [1.54, 1.807) is 13.1 Å². The molecule has 0 saturated heterocycles. The second kappa shape index (κ2) is 5.77. The van der Waals surface area contributed by atoms with Crippen LogP contribution in [-0.4, -0.2) is 16.5 Å². The molecule has 1 aromatic heterocycles. The molecule has 0 aliphatic rings. The Morgan fingerprint density at radius 3 is 2.84 bits per heavy atom. The maximum Gasteiger partial charge on any atom is 0.163 e. The van der Waals surface area contributed by atoms with Gasteiger partial charge in [-0.05, 0) is 13.0 Å². The summed E-state index contributed by atoms with van der Waals surface area (Å²) in [5, 5.41) is 7.06. The van der Waals surface area contributed by atoms with Crippen LogP contribution in [-0.2, 0) is 13.1 Å². The fourth-order valence-corrected chi connectivity index (χ4v) is 1.77. The summed E-state index contributed by atoms with van der Waals surface area (Å²) in [7, 11) is 0. The Morgan fingerprint density at radius 2 is 2.11 bits per heavy atom. The molecule has 0 aliphatic carbocycles. The zero-order chi connectivity index (χ0) is 13.8. The van der Waals surface area contributed by atoms with Gasteiger partial charge in [0.05, 0.1) is 17.9 Å². The fourth-order valence-electron chi connectivity index (χ4n) is 1.77. The summed E-state index contributed by atoms with van der Waals surface area (Å²) >= 11 is 0. The maximum absolute atomic E-state index is 13.4. The first kappa shape index (κ1) is 13.5. The molecule has 0 aliphatic heterocycles. The third kappa shape index (κ3) is 3.07. The molecule has 1 heterocycles. The van der Waals surface area contributed by atoms with E-state index in [9.17, 15) is 13.2 Å². The molecule has 0 atom stereocenters. The standard InChI is InChI=1S/C13H14F3N3/c1-9-12(8-19(18-9)6-5-14)17-7-10-3-2-4-11(15)13(10)16/h2-4,8,17H,5-7H2,1H3. The lowest BCUT2D eigenvalue weighted by Crippen LogP contribution is -2.03. The highest BCUT2D eigenvalue weighted by molar-refractivity contribution is 5.46. The quantitative estimate of drug-likeness (QED) is 0.904. The monoisotopic (exact) mass is 269 g/mol. The highest BCUT2D eigenvalue weighted by Gasteiger charge is 2.09. The Hall–Kier alpha value is -1.98. The van der Waals surface area contributed by atoms with Gasteiger partial charge in [-0.1, -0.05) is 12.1 Å². The van der Waals surface area contributed by atoms with Crippen LogP contribution >= 0.6 is 0 Å². The molecule has 6 heteroatoms. The van der Waals surface area contributed by atoms with Crippen LogP contribution in [0.15, 0.2) is 24.4 Å². The molecule has 0 saturated carbocycles. The van der Waals surface area contributed by atoms with E-state index in [0.29, 0.717) is 11.4 Å². The molecule has 2 rings (SSSR count). The van der Waals surface area contributed by atoms with Crippen LogP contribution in [0.4, 0.5) is 18.9 Å². The van der Waals surface area contributed by atoms with E-state index in [0.717, 1.165) is 6.07 Å². The van der Waals surface area contributed by atoms with E-state index >= 15 is 0 Å². The summed E-state index contributed by atoms with van der Waals surface area (Å²) in [6, 6.07) is 4.03. The van der Waals surface area contributed by atoms with E-state index in [4.69, 9.17) is 0 Å². The lowest BCUT2D eigenvalue weighted by atomic mass is 10.2. The van der Waals surface area contributed by atoms with E-state index in [2.05, 4.69) is 10.4 Å². The number of anilines is 1. The van der Waals surface area contributed by atoms with E-state index in [1.807, 2.05) is 0 Å². The molecule has 0 spiro atoms. The molecule has 2 aromatic rings.